The second kappa shape index (κ2) is 9.99. The van der Waals surface area contributed by atoms with Crippen molar-refractivity contribution in [1.29, 1.82) is 0 Å². The molecule has 32 heavy (non-hydrogen) atoms. The maximum absolute atomic E-state index is 10.2. The van der Waals surface area contributed by atoms with Crippen LogP contribution in [-0.4, -0.2) is 33.1 Å². The molecule has 0 bridgehead atoms. The van der Waals surface area contributed by atoms with Gasteiger partial charge in [0.2, 0.25) is 0 Å². The summed E-state index contributed by atoms with van der Waals surface area (Å²) in [5.74, 6) is 2.43. The molecule has 0 aromatic heterocycles. The van der Waals surface area contributed by atoms with E-state index in [4.69, 9.17) is 0 Å². The molecule has 3 rings (SSSR count). The summed E-state index contributed by atoms with van der Waals surface area (Å²) in [6.45, 7) is 17.0. The summed E-state index contributed by atoms with van der Waals surface area (Å²) in [7, 11) is 0. The first-order valence-corrected chi connectivity index (χ1v) is 12.7. The van der Waals surface area contributed by atoms with Gasteiger partial charge in [0.25, 0.3) is 0 Å². The van der Waals surface area contributed by atoms with Crippen molar-refractivity contribution >= 4 is 0 Å². The molecule has 0 radical (unpaired) electrons. The molecule has 0 heterocycles. The average molecular weight is 443 g/mol. The van der Waals surface area contributed by atoms with Crippen LogP contribution in [0.4, 0.5) is 0 Å². The first kappa shape index (κ1) is 25.5. The fourth-order valence-electron chi connectivity index (χ4n) is 7.06. The third-order valence-corrected chi connectivity index (χ3v) is 8.79. The molecule has 180 valence electrons. The van der Waals surface area contributed by atoms with Crippen molar-refractivity contribution in [2.75, 3.05) is 0 Å². The maximum atomic E-state index is 10.2. The second-order valence-corrected chi connectivity index (χ2v) is 11.9. The van der Waals surface area contributed by atoms with Gasteiger partial charge in [-0.3, -0.25) is 0 Å². The molecule has 0 aromatic carbocycles. The van der Waals surface area contributed by atoms with Crippen LogP contribution in [-0.2, 0) is 0 Å². The largest absolute Gasteiger partial charge is 0.393 e. The first-order chi connectivity index (χ1) is 14.9. The van der Waals surface area contributed by atoms with E-state index < -0.39 is 17.8 Å². The van der Waals surface area contributed by atoms with E-state index in [1.165, 1.54) is 31.3 Å². The summed E-state index contributed by atoms with van der Waals surface area (Å²) in [5.41, 5.74) is 2.95. The number of fused-ring (bicyclic) bond motifs is 1. The minimum Gasteiger partial charge on any atom is -0.393 e. The van der Waals surface area contributed by atoms with Crippen LogP contribution in [0.1, 0.15) is 85.5 Å². The van der Waals surface area contributed by atoms with Gasteiger partial charge >= 0.3 is 0 Å². The number of allylic oxidation sites excluding steroid dienone is 4. The van der Waals surface area contributed by atoms with E-state index in [2.05, 4.69) is 45.2 Å². The molecular formula is C29H46O3. The lowest BCUT2D eigenvalue weighted by molar-refractivity contribution is 0.0562. The zero-order chi connectivity index (χ0) is 23.7. The van der Waals surface area contributed by atoms with E-state index in [-0.39, 0.29) is 5.41 Å². The molecule has 3 saturated carbocycles. The van der Waals surface area contributed by atoms with Crippen LogP contribution in [0.15, 0.2) is 48.1 Å². The third-order valence-electron chi connectivity index (χ3n) is 8.79. The second-order valence-electron chi connectivity index (χ2n) is 11.9. The third kappa shape index (κ3) is 5.66. The Bertz CT molecular complexity index is 755. The Morgan fingerprint density at radius 2 is 1.91 bits per heavy atom. The highest BCUT2D eigenvalue weighted by Crippen LogP contribution is 2.61. The molecule has 0 aliphatic heterocycles. The van der Waals surface area contributed by atoms with E-state index in [0.29, 0.717) is 36.5 Å². The lowest BCUT2D eigenvalue weighted by Crippen LogP contribution is -2.38. The fraction of sp³-hybridized carbons (Fsp3) is 0.724. The number of aliphatic hydroxyl groups excluding tert-OH is 2. The Morgan fingerprint density at radius 1 is 1.19 bits per heavy atom. The average Bonchev–Trinajstić information content (AvgIpc) is 3.05. The van der Waals surface area contributed by atoms with Gasteiger partial charge in [0.1, 0.15) is 0 Å². The van der Waals surface area contributed by atoms with Gasteiger partial charge in [-0.1, -0.05) is 57.1 Å². The van der Waals surface area contributed by atoms with Gasteiger partial charge in [0, 0.05) is 6.42 Å². The van der Waals surface area contributed by atoms with Crippen molar-refractivity contribution in [3.8, 4) is 0 Å². The quantitative estimate of drug-likeness (QED) is 0.416. The van der Waals surface area contributed by atoms with Crippen LogP contribution in [0.5, 0.6) is 0 Å². The van der Waals surface area contributed by atoms with Crippen molar-refractivity contribution in [3.63, 3.8) is 0 Å². The van der Waals surface area contributed by atoms with Crippen LogP contribution in [0.25, 0.3) is 0 Å². The van der Waals surface area contributed by atoms with Crippen molar-refractivity contribution in [2.24, 2.45) is 29.1 Å². The first-order valence-electron chi connectivity index (χ1n) is 12.7. The van der Waals surface area contributed by atoms with Crippen LogP contribution in [0.2, 0.25) is 0 Å². The normalized spacial score (nSPS) is 39.3. The van der Waals surface area contributed by atoms with E-state index >= 15 is 0 Å². The minimum absolute atomic E-state index is 0.276. The highest BCUT2D eigenvalue weighted by molar-refractivity contribution is 5.39. The SMILES string of the molecule is C=C[C@H]1C/C(=C\C=C2/C[C@@H](O)C[C@H](O)C2=C)[C@@H]2CC[C@H]([C@H](C)CCCC(C)(C)O)[C@@]2(C)C1. The number of hydrogen-bond acceptors (Lipinski definition) is 3. The Kier molecular flexibility index (Phi) is 7.95. The molecule has 3 aliphatic rings. The fourth-order valence-corrected chi connectivity index (χ4v) is 7.06. The Morgan fingerprint density at radius 3 is 2.56 bits per heavy atom. The Hall–Kier alpha value is -1.16. The van der Waals surface area contributed by atoms with Gasteiger partial charge in [-0.25, -0.2) is 0 Å². The monoisotopic (exact) mass is 442 g/mol. The summed E-state index contributed by atoms with van der Waals surface area (Å²) >= 11 is 0. The Balaban J connectivity index is 1.79. The smallest absolute Gasteiger partial charge is 0.0811 e. The van der Waals surface area contributed by atoms with Crippen molar-refractivity contribution < 1.29 is 15.3 Å². The van der Waals surface area contributed by atoms with Gasteiger partial charge < -0.3 is 15.3 Å². The molecule has 0 saturated heterocycles. The lowest BCUT2D eigenvalue weighted by atomic mass is 9.58. The van der Waals surface area contributed by atoms with Crippen LogP contribution in [0.3, 0.4) is 0 Å². The summed E-state index contributed by atoms with van der Waals surface area (Å²) in [6.07, 6.45) is 14.3. The van der Waals surface area contributed by atoms with E-state index in [1.54, 1.807) is 0 Å². The molecule has 0 spiro atoms. The van der Waals surface area contributed by atoms with Gasteiger partial charge in [0.05, 0.1) is 17.8 Å². The predicted octanol–water partition coefficient (Wildman–Crippen LogP) is 6.12. The van der Waals surface area contributed by atoms with Gasteiger partial charge in [0.15, 0.2) is 0 Å². The molecule has 3 nitrogen and oxygen atoms in total. The molecular weight excluding hydrogens is 396 g/mol. The van der Waals surface area contributed by atoms with Gasteiger partial charge in [-0.2, -0.15) is 0 Å². The van der Waals surface area contributed by atoms with Gasteiger partial charge in [-0.15, -0.1) is 6.58 Å². The number of rotatable bonds is 7. The Labute approximate surface area is 196 Å². The summed E-state index contributed by atoms with van der Waals surface area (Å²) in [5, 5.41) is 30.4. The molecule has 3 fully saturated rings. The van der Waals surface area contributed by atoms with Crippen molar-refractivity contribution in [1.82, 2.24) is 0 Å². The summed E-state index contributed by atoms with van der Waals surface area (Å²) < 4.78 is 0. The highest BCUT2D eigenvalue weighted by Gasteiger charge is 2.52. The van der Waals surface area contributed by atoms with E-state index in [0.717, 1.165) is 30.4 Å². The lowest BCUT2D eigenvalue weighted by Gasteiger charge is -2.47. The summed E-state index contributed by atoms with van der Waals surface area (Å²) in [6, 6.07) is 0. The predicted molar refractivity (Wildman–Crippen MR) is 133 cm³/mol. The molecule has 7 atom stereocenters. The van der Waals surface area contributed by atoms with Crippen LogP contribution >= 0.6 is 0 Å². The van der Waals surface area contributed by atoms with Gasteiger partial charge in [-0.05, 0) is 92.6 Å². The maximum Gasteiger partial charge on any atom is 0.0811 e. The number of aliphatic hydroxyl groups is 3. The molecule has 0 amide bonds. The zero-order valence-corrected chi connectivity index (χ0v) is 20.8. The molecule has 3 N–H and O–H groups in total. The molecule has 0 aromatic rings. The standard InChI is InChI=1S/C29H46O3/c1-7-21-15-23(11-10-22-16-24(30)17-27(31)20(22)3)26-13-12-25(29(26,6)18-21)19(2)9-8-14-28(4,5)32/h7,10-11,19,21,24-27,30-32H,1,3,8-9,12-18H2,2,4-6H3/b22-10+,23-11+/t19-,21+,24-,25-,26+,27+,29-/m1/s1. The topological polar surface area (TPSA) is 60.7 Å². The zero-order valence-electron chi connectivity index (χ0n) is 20.8. The van der Waals surface area contributed by atoms with Crippen LogP contribution in [0, 0.1) is 29.1 Å². The number of hydrogen-bond donors (Lipinski definition) is 3. The molecule has 3 aliphatic carbocycles. The molecule has 3 heteroatoms. The minimum atomic E-state index is -0.637. The van der Waals surface area contributed by atoms with E-state index in [1.807, 2.05) is 13.8 Å². The summed E-state index contributed by atoms with van der Waals surface area (Å²) in [4.78, 5) is 0. The molecule has 0 unspecified atom stereocenters. The van der Waals surface area contributed by atoms with Crippen molar-refractivity contribution in [3.05, 3.63) is 48.1 Å². The van der Waals surface area contributed by atoms with Crippen molar-refractivity contribution in [2.45, 2.75) is 103 Å². The van der Waals surface area contributed by atoms with Crippen LogP contribution < -0.4 is 0 Å². The highest BCUT2D eigenvalue weighted by atomic mass is 16.3. The van der Waals surface area contributed by atoms with E-state index in [9.17, 15) is 15.3 Å².